The third-order valence-electron chi connectivity index (χ3n) is 6.33. The Kier molecular flexibility index (Phi) is 7.31. The number of fused-ring (bicyclic) bond motifs is 1. The Bertz CT molecular complexity index is 1160. The quantitative estimate of drug-likeness (QED) is 0.385. The molecule has 5 heteroatoms. The van der Waals surface area contributed by atoms with Crippen molar-refractivity contribution in [2.24, 2.45) is 5.41 Å². The van der Waals surface area contributed by atoms with Gasteiger partial charge < -0.3 is 14.3 Å². The van der Waals surface area contributed by atoms with Crippen LogP contribution >= 0.6 is 0 Å². The lowest BCUT2D eigenvalue weighted by Gasteiger charge is -2.19. The zero-order valence-electron chi connectivity index (χ0n) is 20.5. The number of ether oxygens (including phenoxy) is 1. The van der Waals surface area contributed by atoms with Crippen LogP contribution in [0.4, 0.5) is 0 Å². The van der Waals surface area contributed by atoms with Crippen LogP contribution < -0.4 is 4.74 Å². The Morgan fingerprint density at radius 2 is 1.82 bits per heavy atom. The molecule has 0 aliphatic rings. The predicted molar refractivity (Wildman–Crippen MR) is 130 cm³/mol. The highest BCUT2D eigenvalue weighted by Gasteiger charge is 2.22. The number of carboxylic acids is 1. The molecule has 0 spiro atoms. The van der Waals surface area contributed by atoms with Crippen LogP contribution in [0.2, 0.25) is 0 Å². The molecule has 0 aliphatic heterocycles. The van der Waals surface area contributed by atoms with Gasteiger partial charge in [-0.25, -0.2) is 4.79 Å². The minimum atomic E-state index is -1.04. The van der Waals surface area contributed by atoms with Crippen molar-refractivity contribution in [3.05, 3.63) is 64.4 Å². The molecule has 0 amide bonds. The van der Waals surface area contributed by atoms with Crippen molar-refractivity contribution in [2.75, 3.05) is 6.61 Å². The molecule has 1 atom stereocenters. The molecule has 0 fully saturated rings. The summed E-state index contributed by atoms with van der Waals surface area (Å²) in [7, 11) is 0. The SMILES string of the molecule is CCC(CCc1ccc2oc(C(=O)O)c(C)c2c1)c1ccc(OCC(=O)C(C)(C)C)c(C)c1. The van der Waals surface area contributed by atoms with Crippen molar-refractivity contribution >= 4 is 22.7 Å². The maximum absolute atomic E-state index is 12.2. The van der Waals surface area contributed by atoms with Gasteiger partial charge in [-0.1, -0.05) is 45.9 Å². The average molecular weight is 451 g/mol. The van der Waals surface area contributed by atoms with Gasteiger partial charge in [0.25, 0.3) is 0 Å². The van der Waals surface area contributed by atoms with E-state index in [1.165, 1.54) is 11.1 Å². The molecule has 2 aromatic carbocycles. The summed E-state index contributed by atoms with van der Waals surface area (Å²) in [5, 5.41) is 10.2. The van der Waals surface area contributed by atoms with E-state index >= 15 is 0 Å². The molecule has 0 aliphatic carbocycles. The summed E-state index contributed by atoms with van der Waals surface area (Å²) >= 11 is 0. The average Bonchev–Trinajstić information content (AvgIpc) is 3.09. The molecule has 0 bridgehead atoms. The van der Waals surface area contributed by atoms with Crippen molar-refractivity contribution in [3.63, 3.8) is 0 Å². The molecule has 5 nitrogen and oxygen atoms in total. The van der Waals surface area contributed by atoms with E-state index in [9.17, 15) is 14.7 Å². The number of aryl methyl sites for hydroxylation is 3. The Balaban J connectivity index is 1.69. The molecule has 3 rings (SSSR count). The van der Waals surface area contributed by atoms with E-state index in [0.717, 1.165) is 36.0 Å². The smallest absolute Gasteiger partial charge is 0.372 e. The standard InChI is InChI=1S/C28H34O5/c1-7-20(21-11-13-23(17(2)14-21)32-16-25(29)28(4,5)6)10-8-19-9-12-24-22(15-19)18(3)26(33-24)27(30)31/h9,11-15,20H,7-8,10,16H2,1-6H3,(H,30,31). The second-order valence-electron chi connectivity index (χ2n) is 9.82. The van der Waals surface area contributed by atoms with Gasteiger partial charge in [0.2, 0.25) is 5.76 Å². The van der Waals surface area contributed by atoms with Gasteiger partial charge in [-0.2, -0.15) is 0 Å². The van der Waals surface area contributed by atoms with Crippen molar-refractivity contribution in [2.45, 2.75) is 66.7 Å². The summed E-state index contributed by atoms with van der Waals surface area (Å²) in [6.07, 6.45) is 2.88. The molecule has 1 N–H and O–H groups in total. The summed E-state index contributed by atoms with van der Waals surface area (Å²) in [6, 6.07) is 12.1. The van der Waals surface area contributed by atoms with Crippen molar-refractivity contribution in [1.29, 1.82) is 0 Å². The summed E-state index contributed by atoms with van der Waals surface area (Å²) in [5.74, 6) is 0.196. The molecule has 0 radical (unpaired) electrons. The van der Waals surface area contributed by atoms with E-state index in [-0.39, 0.29) is 18.2 Å². The maximum Gasteiger partial charge on any atom is 0.372 e. The van der Waals surface area contributed by atoms with Crippen LogP contribution in [0, 0.1) is 19.3 Å². The largest absolute Gasteiger partial charge is 0.486 e. The van der Waals surface area contributed by atoms with Crippen LogP contribution in [-0.2, 0) is 11.2 Å². The predicted octanol–water partition coefficient (Wildman–Crippen LogP) is 6.87. The third kappa shape index (κ3) is 5.65. The fourth-order valence-electron chi connectivity index (χ4n) is 4.02. The van der Waals surface area contributed by atoms with Crippen molar-refractivity contribution in [1.82, 2.24) is 0 Å². The number of furan rings is 1. The van der Waals surface area contributed by atoms with Gasteiger partial charge in [0.05, 0.1) is 0 Å². The van der Waals surface area contributed by atoms with E-state index in [0.29, 0.717) is 17.1 Å². The van der Waals surface area contributed by atoms with Gasteiger partial charge in [0.15, 0.2) is 5.78 Å². The highest BCUT2D eigenvalue weighted by atomic mass is 16.5. The van der Waals surface area contributed by atoms with E-state index in [1.54, 1.807) is 6.92 Å². The maximum atomic E-state index is 12.2. The van der Waals surface area contributed by atoms with Gasteiger partial charge in [-0.05, 0) is 73.9 Å². The number of aromatic carboxylic acids is 1. The number of Topliss-reactive ketones (excluding diaryl/α,β-unsaturated/α-hetero) is 1. The molecule has 1 unspecified atom stereocenters. The summed E-state index contributed by atoms with van der Waals surface area (Å²) in [4.78, 5) is 23.5. The highest BCUT2D eigenvalue weighted by molar-refractivity contribution is 5.95. The first-order chi connectivity index (χ1) is 15.5. The second-order valence-corrected chi connectivity index (χ2v) is 9.82. The zero-order chi connectivity index (χ0) is 24.3. The van der Waals surface area contributed by atoms with Gasteiger partial charge in [-0.15, -0.1) is 0 Å². The molecular weight excluding hydrogens is 416 g/mol. The fraction of sp³-hybridized carbons (Fsp3) is 0.429. The van der Waals surface area contributed by atoms with E-state index in [4.69, 9.17) is 9.15 Å². The first-order valence-electron chi connectivity index (χ1n) is 11.5. The normalized spacial score (nSPS) is 12.7. The lowest BCUT2D eigenvalue weighted by Crippen LogP contribution is -2.26. The molecule has 0 saturated carbocycles. The Morgan fingerprint density at radius 3 is 2.42 bits per heavy atom. The zero-order valence-corrected chi connectivity index (χ0v) is 20.5. The molecule has 3 aromatic rings. The van der Waals surface area contributed by atoms with Crippen LogP contribution in [0.1, 0.15) is 79.3 Å². The van der Waals surface area contributed by atoms with Crippen LogP contribution in [0.15, 0.2) is 40.8 Å². The number of ketones is 1. The van der Waals surface area contributed by atoms with Gasteiger partial charge in [-0.3, -0.25) is 4.79 Å². The lowest BCUT2D eigenvalue weighted by atomic mass is 9.89. The van der Waals surface area contributed by atoms with Crippen molar-refractivity contribution < 1.29 is 23.8 Å². The minimum Gasteiger partial charge on any atom is -0.486 e. The molecule has 33 heavy (non-hydrogen) atoms. The molecular formula is C28H34O5. The van der Waals surface area contributed by atoms with Gasteiger partial charge in [0, 0.05) is 16.4 Å². The summed E-state index contributed by atoms with van der Waals surface area (Å²) in [6.45, 7) is 11.8. The number of hydrogen-bond donors (Lipinski definition) is 1. The topological polar surface area (TPSA) is 76.7 Å². The molecule has 1 heterocycles. The molecule has 0 saturated heterocycles. The number of carboxylic acid groups (broad SMARTS) is 1. The van der Waals surface area contributed by atoms with E-state index in [2.05, 4.69) is 19.1 Å². The molecule has 176 valence electrons. The second kappa shape index (κ2) is 9.82. The molecule has 1 aromatic heterocycles. The van der Waals surface area contributed by atoms with Crippen LogP contribution in [-0.4, -0.2) is 23.5 Å². The van der Waals surface area contributed by atoms with Crippen LogP contribution in [0.25, 0.3) is 11.0 Å². The first-order valence-corrected chi connectivity index (χ1v) is 11.5. The lowest BCUT2D eigenvalue weighted by molar-refractivity contribution is -0.128. The highest BCUT2D eigenvalue weighted by Crippen LogP contribution is 2.31. The monoisotopic (exact) mass is 450 g/mol. The Morgan fingerprint density at radius 1 is 1.09 bits per heavy atom. The third-order valence-corrected chi connectivity index (χ3v) is 6.33. The van der Waals surface area contributed by atoms with Crippen LogP contribution in [0.3, 0.4) is 0 Å². The minimum absolute atomic E-state index is 0.00979. The number of carbonyl (C=O) groups is 2. The van der Waals surface area contributed by atoms with E-state index < -0.39 is 11.4 Å². The number of carbonyl (C=O) groups excluding carboxylic acids is 1. The fourth-order valence-corrected chi connectivity index (χ4v) is 4.02. The van der Waals surface area contributed by atoms with Crippen molar-refractivity contribution in [3.8, 4) is 5.75 Å². The first kappa shape index (κ1) is 24.6. The number of benzene rings is 2. The summed E-state index contributed by atoms with van der Waals surface area (Å²) in [5.41, 5.74) is 4.33. The summed E-state index contributed by atoms with van der Waals surface area (Å²) < 4.78 is 11.3. The Hall–Kier alpha value is -3.08. The Labute approximate surface area is 195 Å². The van der Waals surface area contributed by atoms with Gasteiger partial charge >= 0.3 is 5.97 Å². The number of hydrogen-bond acceptors (Lipinski definition) is 4. The van der Waals surface area contributed by atoms with E-state index in [1.807, 2.05) is 52.0 Å². The van der Waals surface area contributed by atoms with Crippen LogP contribution in [0.5, 0.6) is 5.75 Å². The number of rotatable bonds is 9. The van der Waals surface area contributed by atoms with Gasteiger partial charge in [0.1, 0.15) is 17.9 Å².